The van der Waals surface area contributed by atoms with Crippen LogP contribution < -0.4 is 9.47 Å². The van der Waals surface area contributed by atoms with Gasteiger partial charge in [0.25, 0.3) is 0 Å². The van der Waals surface area contributed by atoms with Crippen molar-refractivity contribution in [1.82, 2.24) is 0 Å². The van der Waals surface area contributed by atoms with Gasteiger partial charge in [-0.3, -0.25) is 0 Å². The molecule has 0 saturated carbocycles. The number of fused-ring (bicyclic) bond motifs is 1. The van der Waals surface area contributed by atoms with E-state index >= 15 is 0 Å². The molecule has 2 nitrogen and oxygen atoms in total. The molecule has 0 bridgehead atoms. The molecule has 1 aliphatic rings. The maximum atomic E-state index is 5.41. The van der Waals surface area contributed by atoms with Gasteiger partial charge in [0.1, 0.15) is 11.5 Å². The lowest BCUT2D eigenvalue weighted by molar-refractivity contribution is 0.412. The molecule has 2 aromatic carbocycles. The third-order valence-corrected chi connectivity index (χ3v) is 4.95. The molecule has 0 saturated heterocycles. The summed E-state index contributed by atoms with van der Waals surface area (Å²) in [7, 11) is 3.48. The van der Waals surface area contributed by atoms with E-state index in [9.17, 15) is 0 Å². The van der Waals surface area contributed by atoms with Crippen LogP contribution in [-0.4, -0.2) is 14.2 Å². The van der Waals surface area contributed by atoms with E-state index in [-0.39, 0.29) is 0 Å². The lowest BCUT2D eigenvalue weighted by Gasteiger charge is -2.27. The average Bonchev–Trinajstić information content (AvgIpc) is 2.61. The van der Waals surface area contributed by atoms with Crippen LogP contribution in [0.5, 0.6) is 11.5 Å². The monoisotopic (exact) mass is 310 g/mol. The number of hydrogen-bond donors (Lipinski definition) is 0. The maximum Gasteiger partial charge on any atom is 0.119 e. The molecule has 2 aromatic rings. The molecule has 0 aliphatic heterocycles. The van der Waals surface area contributed by atoms with Gasteiger partial charge in [0.2, 0.25) is 0 Å². The fraction of sp³-hybridized carbons (Fsp3) is 0.429. The van der Waals surface area contributed by atoms with Crippen molar-refractivity contribution < 1.29 is 9.47 Å². The highest BCUT2D eigenvalue weighted by Crippen LogP contribution is 2.37. The fourth-order valence-electron chi connectivity index (χ4n) is 3.72. The van der Waals surface area contributed by atoms with Crippen LogP contribution in [0.25, 0.3) is 0 Å². The smallest absolute Gasteiger partial charge is 0.119 e. The van der Waals surface area contributed by atoms with Gasteiger partial charge in [-0.2, -0.15) is 0 Å². The third-order valence-electron chi connectivity index (χ3n) is 4.95. The molecule has 0 aromatic heterocycles. The van der Waals surface area contributed by atoms with Crippen LogP contribution in [0.15, 0.2) is 36.4 Å². The Bertz CT molecular complexity index is 676. The summed E-state index contributed by atoms with van der Waals surface area (Å²) in [5.41, 5.74) is 5.88. The van der Waals surface area contributed by atoms with Crippen molar-refractivity contribution in [2.24, 2.45) is 0 Å². The first-order chi connectivity index (χ1) is 11.2. The molecule has 122 valence electrons. The summed E-state index contributed by atoms with van der Waals surface area (Å²) in [6, 6.07) is 13.1. The van der Waals surface area contributed by atoms with E-state index in [1.165, 1.54) is 35.1 Å². The molecule has 1 atom stereocenters. The minimum atomic E-state index is 0.614. The Morgan fingerprint density at radius 2 is 1.70 bits per heavy atom. The van der Waals surface area contributed by atoms with Crippen molar-refractivity contribution in [1.29, 1.82) is 0 Å². The van der Waals surface area contributed by atoms with E-state index in [1.807, 2.05) is 0 Å². The summed E-state index contributed by atoms with van der Waals surface area (Å²) in [6.07, 6.45) is 5.76. The lowest BCUT2D eigenvalue weighted by atomic mass is 9.78. The highest BCUT2D eigenvalue weighted by Gasteiger charge is 2.22. The second-order valence-electron chi connectivity index (χ2n) is 6.39. The van der Waals surface area contributed by atoms with Crippen molar-refractivity contribution in [3.05, 3.63) is 58.7 Å². The fourth-order valence-corrected chi connectivity index (χ4v) is 3.72. The number of benzene rings is 2. The second-order valence-corrected chi connectivity index (χ2v) is 6.39. The molecule has 3 rings (SSSR count). The topological polar surface area (TPSA) is 18.5 Å². The molecule has 0 radical (unpaired) electrons. The summed E-state index contributed by atoms with van der Waals surface area (Å²) in [6.45, 7) is 2.24. The summed E-state index contributed by atoms with van der Waals surface area (Å²) < 4.78 is 10.8. The van der Waals surface area contributed by atoms with Gasteiger partial charge in [0.05, 0.1) is 14.2 Å². The molecule has 1 unspecified atom stereocenters. The van der Waals surface area contributed by atoms with Crippen LogP contribution in [0.3, 0.4) is 0 Å². The normalized spacial score (nSPS) is 16.7. The quantitative estimate of drug-likeness (QED) is 0.779. The molecule has 0 amide bonds. The summed E-state index contributed by atoms with van der Waals surface area (Å²) in [4.78, 5) is 0. The zero-order valence-electron chi connectivity index (χ0n) is 14.4. The van der Waals surface area contributed by atoms with Crippen molar-refractivity contribution in [2.75, 3.05) is 14.2 Å². The SMILES string of the molecule is CCCc1cc(OC)ccc1C1CCc2cc(OC)ccc2C1. The van der Waals surface area contributed by atoms with E-state index < -0.39 is 0 Å². The van der Waals surface area contributed by atoms with Gasteiger partial charge in [-0.25, -0.2) is 0 Å². The Morgan fingerprint density at radius 3 is 2.43 bits per heavy atom. The minimum absolute atomic E-state index is 0.614. The first kappa shape index (κ1) is 15.9. The van der Waals surface area contributed by atoms with Crippen LogP contribution in [-0.2, 0) is 19.3 Å². The van der Waals surface area contributed by atoms with Gasteiger partial charge in [-0.05, 0) is 78.1 Å². The average molecular weight is 310 g/mol. The van der Waals surface area contributed by atoms with Crippen LogP contribution in [0.4, 0.5) is 0 Å². The molecule has 23 heavy (non-hydrogen) atoms. The minimum Gasteiger partial charge on any atom is -0.497 e. The van der Waals surface area contributed by atoms with E-state index in [2.05, 4.69) is 43.3 Å². The molecule has 0 fully saturated rings. The summed E-state index contributed by atoms with van der Waals surface area (Å²) in [5.74, 6) is 2.56. The van der Waals surface area contributed by atoms with Crippen LogP contribution in [0.1, 0.15) is 47.9 Å². The number of ether oxygens (including phenoxy) is 2. The maximum absolute atomic E-state index is 5.41. The zero-order valence-corrected chi connectivity index (χ0v) is 14.4. The van der Waals surface area contributed by atoms with Gasteiger partial charge in [-0.15, -0.1) is 0 Å². The summed E-state index contributed by atoms with van der Waals surface area (Å²) in [5, 5.41) is 0. The van der Waals surface area contributed by atoms with Gasteiger partial charge in [0, 0.05) is 0 Å². The van der Waals surface area contributed by atoms with Crippen LogP contribution in [0, 0.1) is 0 Å². The van der Waals surface area contributed by atoms with E-state index in [0.29, 0.717) is 5.92 Å². The molecule has 0 spiro atoms. The Hall–Kier alpha value is -1.96. The Morgan fingerprint density at radius 1 is 0.957 bits per heavy atom. The zero-order chi connectivity index (χ0) is 16.2. The van der Waals surface area contributed by atoms with Crippen LogP contribution in [0.2, 0.25) is 0 Å². The Labute approximate surface area is 139 Å². The molecule has 2 heteroatoms. The van der Waals surface area contributed by atoms with Gasteiger partial charge in [-0.1, -0.05) is 25.5 Å². The summed E-state index contributed by atoms with van der Waals surface area (Å²) >= 11 is 0. The predicted octanol–water partition coefficient (Wildman–Crippen LogP) is 4.93. The van der Waals surface area contributed by atoms with Gasteiger partial charge >= 0.3 is 0 Å². The molecule has 1 aliphatic carbocycles. The van der Waals surface area contributed by atoms with Crippen molar-refractivity contribution in [2.45, 2.75) is 44.9 Å². The standard InChI is InChI=1S/C21H26O2/c1-4-5-17-14-20(23-3)10-11-21(17)18-7-6-16-13-19(22-2)9-8-15(16)12-18/h8-11,13-14,18H,4-7,12H2,1-3H3. The van der Waals surface area contributed by atoms with E-state index in [1.54, 1.807) is 14.2 Å². The second kappa shape index (κ2) is 7.08. The Kier molecular flexibility index (Phi) is 4.90. The Balaban J connectivity index is 1.88. The van der Waals surface area contributed by atoms with Gasteiger partial charge < -0.3 is 9.47 Å². The first-order valence-electron chi connectivity index (χ1n) is 8.57. The van der Waals surface area contributed by atoms with Crippen molar-refractivity contribution in [3.8, 4) is 11.5 Å². The number of rotatable bonds is 5. The molecular formula is C21H26O2. The van der Waals surface area contributed by atoms with Crippen molar-refractivity contribution in [3.63, 3.8) is 0 Å². The predicted molar refractivity (Wildman–Crippen MR) is 94.7 cm³/mol. The van der Waals surface area contributed by atoms with E-state index in [0.717, 1.165) is 30.8 Å². The largest absolute Gasteiger partial charge is 0.497 e. The molecular weight excluding hydrogens is 284 g/mol. The third kappa shape index (κ3) is 3.36. The molecule has 0 heterocycles. The number of methoxy groups -OCH3 is 2. The lowest BCUT2D eigenvalue weighted by Crippen LogP contribution is -2.14. The van der Waals surface area contributed by atoms with Gasteiger partial charge in [0.15, 0.2) is 0 Å². The highest BCUT2D eigenvalue weighted by molar-refractivity contribution is 5.43. The van der Waals surface area contributed by atoms with Crippen molar-refractivity contribution >= 4 is 0 Å². The highest BCUT2D eigenvalue weighted by atomic mass is 16.5. The number of hydrogen-bond acceptors (Lipinski definition) is 2. The first-order valence-corrected chi connectivity index (χ1v) is 8.57. The number of aryl methyl sites for hydroxylation is 2. The van der Waals surface area contributed by atoms with E-state index in [4.69, 9.17) is 9.47 Å². The van der Waals surface area contributed by atoms with Crippen LogP contribution >= 0.6 is 0 Å². The molecule has 0 N–H and O–H groups in total.